The van der Waals surface area contributed by atoms with Crippen molar-refractivity contribution in [2.45, 2.75) is 10.9 Å². The fraction of sp³-hybridized carbons (Fsp3) is 0.136. The number of hydrogen-bond donors (Lipinski definition) is 1. The summed E-state index contributed by atoms with van der Waals surface area (Å²) >= 11 is 3.08. The minimum atomic E-state index is -0.258. The van der Waals surface area contributed by atoms with Crippen molar-refractivity contribution >= 4 is 35.3 Å². The summed E-state index contributed by atoms with van der Waals surface area (Å²) in [5, 5.41) is 10.7. The monoisotopic (exact) mass is 454 g/mol. The second-order valence-electron chi connectivity index (χ2n) is 6.39. The lowest BCUT2D eigenvalue weighted by atomic mass is 10.2. The molecule has 9 heteroatoms. The van der Waals surface area contributed by atoms with Crippen LogP contribution in [0, 0.1) is 5.82 Å². The zero-order valence-corrected chi connectivity index (χ0v) is 18.5. The highest BCUT2D eigenvalue weighted by Crippen LogP contribution is 2.34. The summed E-state index contributed by atoms with van der Waals surface area (Å²) in [4.78, 5) is 9.15. The normalized spacial score (nSPS) is 11.2. The summed E-state index contributed by atoms with van der Waals surface area (Å²) in [5.41, 5.74) is 2.81. The van der Waals surface area contributed by atoms with Gasteiger partial charge in [0.25, 0.3) is 0 Å². The van der Waals surface area contributed by atoms with Gasteiger partial charge in [-0.3, -0.25) is 5.10 Å². The van der Waals surface area contributed by atoms with Crippen LogP contribution in [0.25, 0.3) is 22.7 Å². The molecule has 158 valence electrons. The molecule has 0 saturated carbocycles. The number of nitrogens with one attached hydrogen (secondary N) is 1. The van der Waals surface area contributed by atoms with Gasteiger partial charge < -0.3 is 9.47 Å². The first-order chi connectivity index (χ1) is 15.1. The molecule has 0 spiro atoms. The van der Waals surface area contributed by atoms with E-state index in [1.165, 1.54) is 23.9 Å². The molecule has 4 rings (SSSR count). The van der Waals surface area contributed by atoms with Gasteiger partial charge in [0.2, 0.25) is 5.16 Å². The van der Waals surface area contributed by atoms with Crippen LogP contribution in [-0.2, 0) is 5.75 Å². The lowest BCUT2D eigenvalue weighted by Gasteiger charge is -2.08. The minimum absolute atomic E-state index is 0.258. The number of aromatic nitrogens is 4. The van der Waals surface area contributed by atoms with Crippen LogP contribution >= 0.6 is 23.1 Å². The van der Waals surface area contributed by atoms with Gasteiger partial charge in [-0.15, -0.1) is 16.4 Å². The van der Waals surface area contributed by atoms with Gasteiger partial charge in [0.05, 0.1) is 19.9 Å². The van der Waals surface area contributed by atoms with Crippen molar-refractivity contribution in [2.75, 3.05) is 14.2 Å². The fourth-order valence-corrected chi connectivity index (χ4v) is 4.38. The van der Waals surface area contributed by atoms with Crippen LogP contribution < -0.4 is 9.47 Å². The third-order valence-electron chi connectivity index (χ3n) is 4.32. The molecule has 0 unspecified atom stereocenters. The molecule has 0 amide bonds. The highest BCUT2D eigenvalue weighted by molar-refractivity contribution is 7.98. The van der Waals surface area contributed by atoms with Crippen LogP contribution in [0.15, 0.2) is 53.0 Å². The van der Waals surface area contributed by atoms with E-state index in [4.69, 9.17) is 14.5 Å². The number of nitrogens with zero attached hydrogens (tertiary/aromatic N) is 3. The van der Waals surface area contributed by atoms with Crippen molar-refractivity contribution in [1.82, 2.24) is 20.2 Å². The Bertz CT molecular complexity index is 1190. The van der Waals surface area contributed by atoms with Crippen LogP contribution in [0.3, 0.4) is 0 Å². The molecule has 0 bridgehead atoms. The molecule has 2 aromatic heterocycles. The smallest absolute Gasteiger partial charge is 0.209 e. The zero-order valence-electron chi connectivity index (χ0n) is 16.8. The summed E-state index contributed by atoms with van der Waals surface area (Å²) in [6.07, 6.45) is 3.66. The Morgan fingerprint density at radius 3 is 2.61 bits per heavy atom. The number of aromatic amines is 1. The first kappa shape index (κ1) is 21.1. The van der Waals surface area contributed by atoms with Crippen LogP contribution in [0.5, 0.6) is 11.5 Å². The molecule has 0 radical (unpaired) electrons. The predicted octanol–water partition coefficient (Wildman–Crippen LogP) is 5.55. The highest BCUT2D eigenvalue weighted by atomic mass is 32.2. The van der Waals surface area contributed by atoms with Crippen molar-refractivity contribution < 1.29 is 13.9 Å². The van der Waals surface area contributed by atoms with Gasteiger partial charge in [-0.2, -0.15) is 0 Å². The fourth-order valence-electron chi connectivity index (χ4n) is 2.76. The van der Waals surface area contributed by atoms with E-state index in [2.05, 4.69) is 15.2 Å². The first-order valence-corrected chi connectivity index (χ1v) is 11.2. The number of hydrogen-bond acceptors (Lipinski definition) is 7. The maximum Gasteiger partial charge on any atom is 0.209 e. The third-order valence-corrected chi connectivity index (χ3v) is 6.14. The summed E-state index contributed by atoms with van der Waals surface area (Å²) in [6.45, 7) is 0. The topological polar surface area (TPSA) is 72.9 Å². The van der Waals surface area contributed by atoms with Crippen molar-refractivity contribution in [3.05, 3.63) is 70.7 Å². The SMILES string of the molecule is COc1ccc(-c2nc(CSc3n[nH]c(/C=C/c4ccc(F)cc4)n3)cs2)cc1OC. The molecular formula is C22H19FN4O2S2. The maximum atomic E-state index is 13.0. The molecule has 6 nitrogen and oxygen atoms in total. The van der Waals surface area contributed by atoms with E-state index in [1.54, 1.807) is 37.7 Å². The molecule has 0 aliphatic rings. The van der Waals surface area contributed by atoms with Gasteiger partial charge in [0.15, 0.2) is 11.5 Å². The van der Waals surface area contributed by atoms with Gasteiger partial charge in [-0.25, -0.2) is 14.4 Å². The molecule has 0 aliphatic heterocycles. The van der Waals surface area contributed by atoms with Crippen LogP contribution in [0.2, 0.25) is 0 Å². The molecule has 0 aliphatic carbocycles. The zero-order chi connectivity index (χ0) is 21.6. The quantitative estimate of drug-likeness (QED) is 0.352. The molecule has 1 N–H and O–H groups in total. The number of halogens is 1. The predicted molar refractivity (Wildman–Crippen MR) is 122 cm³/mol. The first-order valence-electron chi connectivity index (χ1n) is 9.30. The molecule has 0 atom stereocenters. The maximum absolute atomic E-state index is 13.0. The number of H-pyrrole nitrogens is 1. The average molecular weight is 455 g/mol. The second-order valence-corrected chi connectivity index (χ2v) is 8.19. The van der Waals surface area contributed by atoms with E-state index in [1.807, 2.05) is 35.7 Å². The van der Waals surface area contributed by atoms with E-state index in [9.17, 15) is 4.39 Å². The number of rotatable bonds is 8. The van der Waals surface area contributed by atoms with Crippen molar-refractivity contribution in [3.8, 4) is 22.1 Å². The van der Waals surface area contributed by atoms with E-state index in [0.29, 0.717) is 28.2 Å². The highest BCUT2D eigenvalue weighted by Gasteiger charge is 2.11. The van der Waals surface area contributed by atoms with E-state index >= 15 is 0 Å². The van der Waals surface area contributed by atoms with Crippen LogP contribution in [-0.4, -0.2) is 34.4 Å². The summed E-state index contributed by atoms with van der Waals surface area (Å²) in [6, 6.07) is 12.0. The van der Waals surface area contributed by atoms with Crippen molar-refractivity contribution in [3.63, 3.8) is 0 Å². The summed E-state index contributed by atoms with van der Waals surface area (Å²) in [7, 11) is 3.23. The Labute approximate surface area is 187 Å². The van der Waals surface area contributed by atoms with Gasteiger partial charge >= 0.3 is 0 Å². The lowest BCUT2D eigenvalue weighted by molar-refractivity contribution is 0.355. The van der Waals surface area contributed by atoms with E-state index < -0.39 is 0 Å². The van der Waals surface area contributed by atoms with Gasteiger partial charge in [0.1, 0.15) is 16.6 Å². The number of thiazole rings is 1. The second kappa shape index (κ2) is 9.76. The summed E-state index contributed by atoms with van der Waals surface area (Å²) < 4.78 is 23.6. The Hall–Kier alpha value is -3.17. The lowest BCUT2D eigenvalue weighted by Crippen LogP contribution is -1.91. The number of thioether (sulfide) groups is 1. The third kappa shape index (κ3) is 5.31. The molecule has 0 fully saturated rings. The molecule has 2 heterocycles. The average Bonchev–Trinajstić information content (AvgIpc) is 3.46. The van der Waals surface area contributed by atoms with E-state index in [0.717, 1.165) is 21.8 Å². The van der Waals surface area contributed by atoms with Crippen molar-refractivity contribution in [1.29, 1.82) is 0 Å². The molecule has 2 aromatic carbocycles. The number of benzene rings is 2. The Kier molecular flexibility index (Phi) is 6.63. The van der Waals surface area contributed by atoms with Crippen molar-refractivity contribution in [2.24, 2.45) is 0 Å². The van der Waals surface area contributed by atoms with Crippen LogP contribution in [0.1, 0.15) is 17.1 Å². The Balaban J connectivity index is 1.37. The van der Waals surface area contributed by atoms with Gasteiger partial charge in [-0.05, 0) is 42.0 Å². The molecule has 0 saturated heterocycles. The summed E-state index contributed by atoms with van der Waals surface area (Å²) in [5.74, 6) is 2.39. The van der Waals surface area contributed by atoms with E-state index in [-0.39, 0.29) is 5.82 Å². The minimum Gasteiger partial charge on any atom is -0.493 e. The number of ether oxygens (including phenoxy) is 2. The van der Waals surface area contributed by atoms with Crippen LogP contribution in [0.4, 0.5) is 4.39 Å². The molecule has 4 aromatic rings. The molecule has 31 heavy (non-hydrogen) atoms. The molecular weight excluding hydrogens is 435 g/mol. The van der Waals surface area contributed by atoms with Gasteiger partial charge in [-0.1, -0.05) is 30.0 Å². The Morgan fingerprint density at radius 1 is 1.03 bits per heavy atom. The standard InChI is InChI=1S/C22H19FN4O2S2/c1-28-18-9-6-15(11-19(18)29-2)21-24-17(12-30-21)13-31-22-25-20(26-27-22)10-5-14-3-7-16(23)8-4-14/h3-12H,13H2,1-2H3,(H,25,26,27)/b10-5+. The van der Waals surface area contributed by atoms with Gasteiger partial charge in [0, 0.05) is 16.7 Å². The number of methoxy groups -OCH3 is 2. The Morgan fingerprint density at radius 2 is 1.84 bits per heavy atom. The largest absolute Gasteiger partial charge is 0.493 e.